The van der Waals surface area contributed by atoms with Crippen molar-refractivity contribution in [3.05, 3.63) is 72.6 Å². The van der Waals surface area contributed by atoms with Gasteiger partial charge in [0.2, 0.25) is 0 Å². The topological polar surface area (TPSA) is 103 Å². The zero-order chi connectivity index (χ0) is 21.2. The molecule has 2 aromatic carbocycles. The number of nitrogens with zero attached hydrogens (tertiary/aromatic N) is 3. The molecule has 31 heavy (non-hydrogen) atoms. The predicted molar refractivity (Wildman–Crippen MR) is 123 cm³/mol. The highest BCUT2D eigenvalue weighted by Gasteiger charge is 2.27. The van der Waals surface area contributed by atoms with Gasteiger partial charge < -0.3 is 21.5 Å². The molecule has 0 unspecified atom stereocenters. The van der Waals surface area contributed by atoms with E-state index >= 15 is 0 Å². The Morgan fingerprint density at radius 2 is 1.74 bits per heavy atom. The van der Waals surface area contributed by atoms with Gasteiger partial charge in [-0.2, -0.15) is 0 Å². The Labute approximate surface area is 181 Å². The molecule has 0 aliphatic heterocycles. The summed E-state index contributed by atoms with van der Waals surface area (Å²) in [5.41, 5.74) is 16.2. The molecule has 0 bridgehead atoms. The van der Waals surface area contributed by atoms with E-state index in [1.165, 1.54) is 0 Å². The number of benzene rings is 2. The molecule has 1 saturated carbocycles. The number of hydrogen-bond donors (Lipinski definition) is 3. The summed E-state index contributed by atoms with van der Waals surface area (Å²) in [6, 6.07) is 17.9. The SMILES string of the molecule is Nc1nn2ccnc2c(Nc2cccc(Oc3ccccc3)c2)c1C1CCC(N)CC1. The summed E-state index contributed by atoms with van der Waals surface area (Å²) in [7, 11) is 0. The lowest BCUT2D eigenvalue weighted by atomic mass is 9.81. The lowest BCUT2D eigenvalue weighted by Crippen LogP contribution is -2.26. The van der Waals surface area contributed by atoms with Crippen LogP contribution in [0.3, 0.4) is 0 Å². The van der Waals surface area contributed by atoms with Crippen LogP contribution in [-0.2, 0) is 0 Å². The first-order valence-corrected chi connectivity index (χ1v) is 10.7. The highest BCUT2D eigenvalue weighted by molar-refractivity contribution is 5.81. The zero-order valence-corrected chi connectivity index (χ0v) is 17.2. The first kappa shape index (κ1) is 19.4. The normalized spacial score (nSPS) is 18.7. The van der Waals surface area contributed by atoms with Crippen molar-refractivity contribution in [2.75, 3.05) is 11.1 Å². The first-order chi connectivity index (χ1) is 15.2. The lowest BCUT2D eigenvalue weighted by molar-refractivity contribution is 0.396. The number of hydrogen-bond acceptors (Lipinski definition) is 6. The predicted octanol–water partition coefficient (Wildman–Crippen LogP) is 4.83. The van der Waals surface area contributed by atoms with E-state index in [2.05, 4.69) is 15.4 Å². The molecule has 158 valence electrons. The summed E-state index contributed by atoms with van der Waals surface area (Å²) in [6.07, 6.45) is 7.52. The van der Waals surface area contributed by atoms with Crippen LogP contribution in [0.4, 0.5) is 17.2 Å². The second kappa shape index (κ2) is 8.28. The minimum Gasteiger partial charge on any atom is -0.457 e. The van der Waals surface area contributed by atoms with Gasteiger partial charge in [-0.3, -0.25) is 0 Å². The van der Waals surface area contributed by atoms with Crippen LogP contribution in [0.2, 0.25) is 0 Å². The monoisotopic (exact) mass is 414 g/mol. The average molecular weight is 415 g/mol. The molecule has 0 saturated heterocycles. The highest BCUT2D eigenvalue weighted by atomic mass is 16.5. The van der Waals surface area contributed by atoms with E-state index in [1.54, 1.807) is 10.7 Å². The van der Waals surface area contributed by atoms with Crippen molar-refractivity contribution in [3.63, 3.8) is 0 Å². The fourth-order valence-corrected chi connectivity index (χ4v) is 4.33. The average Bonchev–Trinajstić information content (AvgIpc) is 3.24. The fraction of sp³-hybridized carbons (Fsp3) is 0.250. The first-order valence-electron chi connectivity index (χ1n) is 10.7. The van der Waals surface area contributed by atoms with E-state index < -0.39 is 0 Å². The Bertz CT molecular complexity index is 1180. The van der Waals surface area contributed by atoms with E-state index in [0.29, 0.717) is 11.7 Å². The molecular weight excluding hydrogens is 388 g/mol. The second-order valence-corrected chi connectivity index (χ2v) is 8.05. The molecule has 0 radical (unpaired) electrons. The molecule has 1 fully saturated rings. The van der Waals surface area contributed by atoms with Gasteiger partial charge >= 0.3 is 0 Å². The van der Waals surface area contributed by atoms with Crippen LogP contribution in [-0.4, -0.2) is 20.6 Å². The molecule has 1 aliphatic rings. The third-order valence-electron chi connectivity index (χ3n) is 5.87. The number of nitrogens with one attached hydrogen (secondary N) is 1. The number of nitrogens with two attached hydrogens (primary N) is 2. The number of anilines is 3. The quantitative estimate of drug-likeness (QED) is 0.432. The van der Waals surface area contributed by atoms with E-state index in [9.17, 15) is 0 Å². The molecule has 2 heterocycles. The minimum absolute atomic E-state index is 0.267. The van der Waals surface area contributed by atoms with Crippen molar-refractivity contribution in [1.29, 1.82) is 0 Å². The number of ether oxygens (including phenoxy) is 1. The van der Waals surface area contributed by atoms with E-state index in [-0.39, 0.29) is 6.04 Å². The Morgan fingerprint density at radius 3 is 2.55 bits per heavy atom. The van der Waals surface area contributed by atoms with Crippen molar-refractivity contribution in [3.8, 4) is 11.5 Å². The number of para-hydroxylation sites is 1. The minimum atomic E-state index is 0.267. The van der Waals surface area contributed by atoms with Gasteiger partial charge in [-0.05, 0) is 55.9 Å². The Kier molecular flexibility index (Phi) is 5.18. The highest BCUT2D eigenvalue weighted by Crippen LogP contribution is 2.41. The summed E-state index contributed by atoms with van der Waals surface area (Å²) in [5.74, 6) is 2.39. The van der Waals surface area contributed by atoms with Crippen LogP contribution in [0.1, 0.15) is 37.2 Å². The third-order valence-corrected chi connectivity index (χ3v) is 5.87. The van der Waals surface area contributed by atoms with Gasteiger partial charge in [0.05, 0.1) is 5.69 Å². The lowest BCUT2D eigenvalue weighted by Gasteiger charge is -2.28. The van der Waals surface area contributed by atoms with Crippen LogP contribution in [0.25, 0.3) is 5.65 Å². The molecule has 4 aromatic rings. The van der Waals surface area contributed by atoms with Gasteiger partial charge in [0.25, 0.3) is 0 Å². The molecule has 7 nitrogen and oxygen atoms in total. The molecule has 7 heteroatoms. The number of aromatic nitrogens is 3. The summed E-state index contributed by atoms with van der Waals surface area (Å²) in [4.78, 5) is 4.54. The van der Waals surface area contributed by atoms with Crippen molar-refractivity contribution >= 4 is 22.8 Å². The van der Waals surface area contributed by atoms with Crippen LogP contribution in [0.5, 0.6) is 11.5 Å². The maximum absolute atomic E-state index is 6.44. The summed E-state index contributed by atoms with van der Waals surface area (Å²) < 4.78 is 7.72. The summed E-state index contributed by atoms with van der Waals surface area (Å²) in [6.45, 7) is 0. The van der Waals surface area contributed by atoms with Gasteiger partial charge in [-0.15, -0.1) is 5.10 Å². The van der Waals surface area contributed by atoms with E-state index in [0.717, 1.165) is 59.8 Å². The molecule has 5 rings (SSSR count). The van der Waals surface area contributed by atoms with E-state index in [4.69, 9.17) is 16.2 Å². The molecular formula is C24H26N6O. The maximum atomic E-state index is 6.44. The van der Waals surface area contributed by atoms with Crippen molar-refractivity contribution < 1.29 is 4.74 Å². The van der Waals surface area contributed by atoms with Crippen molar-refractivity contribution in [2.45, 2.75) is 37.6 Å². The molecule has 0 amide bonds. The Morgan fingerprint density at radius 1 is 0.968 bits per heavy atom. The van der Waals surface area contributed by atoms with Crippen LogP contribution < -0.4 is 21.5 Å². The van der Waals surface area contributed by atoms with Gasteiger partial charge in [0, 0.05) is 35.8 Å². The number of rotatable bonds is 5. The maximum Gasteiger partial charge on any atom is 0.177 e. The van der Waals surface area contributed by atoms with Gasteiger partial charge in [-0.1, -0.05) is 24.3 Å². The second-order valence-electron chi connectivity index (χ2n) is 8.05. The fourth-order valence-electron chi connectivity index (χ4n) is 4.33. The molecule has 0 spiro atoms. The van der Waals surface area contributed by atoms with Gasteiger partial charge in [0.15, 0.2) is 5.65 Å². The van der Waals surface area contributed by atoms with Crippen LogP contribution in [0.15, 0.2) is 67.0 Å². The molecule has 2 aromatic heterocycles. The Hall–Kier alpha value is -3.58. The Balaban J connectivity index is 1.50. The van der Waals surface area contributed by atoms with Crippen LogP contribution in [0, 0.1) is 0 Å². The number of fused-ring (bicyclic) bond motifs is 1. The zero-order valence-electron chi connectivity index (χ0n) is 17.2. The smallest absolute Gasteiger partial charge is 0.177 e. The standard InChI is InChI=1S/C24H26N6O/c25-17-11-9-16(10-12-17)21-22(24-27-13-14-30(24)29-23(21)26)28-18-5-4-8-20(15-18)31-19-6-2-1-3-7-19/h1-8,13-17,28H,9-12,25H2,(H2,26,29). The molecule has 0 atom stereocenters. The largest absolute Gasteiger partial charge is 0.457 e. The van der Waals surface area contributed by atoms with Gasteiger partial charge in [0.1, 0.15) is 17.3 Å². The number of imidazole rings is 1. The summed E-state index contributed by atoms with van der Waals surface area (Å²) in [5, 5.41) is 8.10. The van der Waals surface area contributed by atoms with E-state index in [1.807, 2.05) is 60.8 Å². The summed E-state index contributed by atoms with van der Waals surface area (Å²) >= 11 is 0. The van der Waals surface area contributed by atoms with Crippen molar-refractivity contribution in [1.82, 2.24) is 14.6 Å². The third kappa shape index (κ3) is 4.04. The van der Waals surface area contributed by atoms with Crippen molar-refractivity contribution in [2.24, 2.45) is 5.73 Å². The molecule has 1 aliphatic carbocycles. The van der Waals surface area contributed by atoms with Gasteiger partial charge in [-0.25, -0.2) is 9.50 Å². The van der Waals surface area contributed by atoms with Crippen LogP contribution >= 0.6 is 0 Å². The number of nitrogen functional groups attached to an aromatic ring is 1. The molecule has 5 N–H and O–H groups in total.